The number of hydrogen-bond acceptors (Lipinski definition) is 2. The summed E-state index contributed by atoms with van der Waals surface area (Å²) in [6, 6.07) is 6.08. The van der Waals surface area contributed by atoms with Crippen molar-refractivity contribution in [2.24, 2.45) is 0 Å². The van der Waals surface area contributed by atoms with Gasteiger partial charge in [0, 0.05) is 22.3 Å². The zero-order valence-electron chi connectivity index (χ0n) is 10.3. The molecule has 2 aromatic rings. The minimum absolute atomic E-state index is 0.225. The molecule has 0 radical (unpaired) electrons. The summed E-state index contributed by atoms with van der Waals surface area (Å²) in [5, 5.41) is 3.04. The molecule has 0 aliphatic rings. The standard InChI is InChI=1S/C14H13BrF2N2/c1-18-14(12-2-3-19-8-13(12)17)6-9-4-10(15)7-11(16)5-9/h2-5,7-8,14,18H,6H2,1H3. The Kier molecular flexibility index (Phi) is 4.61. The maximum Gasteiger partial charge on any atom is 0.146 e. The van der Waals surface area contributed by atoms with Gasteiger partial charge >= 0.3 is 0 Å². The Hall–Kier alpha value is -1.33. The number of aromatic nitrogens is 1. The predicted octanol–water partition coefficient (Wildman–Crippen LogP) is 3.63. The lowest BCUT2D eigenvalue weighted by Gasteiger charge is -2.17. The van der Waals surface area contributed by atoms with Crippen LogP contribution in [0.1, 0.15) is 17.2 Å². The van der Waals surface area contributed by atoms with Crippen molar-refractivity contribution in [3.63, 3.8) is 0 Å². The molecule has 1 unspecified atom stereocenters. The van der Waals surface area contributed by atoms with Gasteiger partial charge in [-0.25, -0.2) is 8.78 Å². The maximum atomic E-state index is 13.7. The van der Waals surface area contributed by atoms with E-state index < -0.39 is 0 Å². The first-order chi connectivity index (χ1) is 9.10. The van der Waals surface area contributed by atoms with E-state index >= 15 is 0 Å². The Morgan fingerprint density at radius 3 is 2.74 bits per heavy atom. The Morgan fingerprint density at radius 2 is 2.11 bits per heavy atom. The van der Waals surface area contributed by atoms with E-state index in [1.807, 2.05) is 6.07 Å². The third kappa shape index (κ3) is 3.58. The summed E-state index contributed by atoms with van der Waals surface area (Å²) < 4.78 is 27.7. The second-order valence-electron chi connectivity index (χ2n) is 4.22. The molecule has 0 bridgehead atoms. The smallest absolute Gasteiger partial charge is 0.146 e. The molecule has 5 heteroatoms. The van der Waals surface area contributed by atoms with Gasteiger partial charge in [0.05, 0.1) is 6.20 Å². The van der Waals surface area contributed by atoms with E-state index in [2.05, 4.69) is 26.2 Å². The van der Waals surface area contributed by atoms with E-state index in [9.17, 15) is 8.78 Å². The molecular formula is C14H13BrF2N2. The second kappa shape index (κ2) is 6.21. The molecule has 0 fully saturated rings. The number of nitrogens with one attached hydrogen (secondary N) is 1. The summed E-state index contributed by atoms with van der Waals surface area (Å²) >= 11 is 3.25. The Labute approximate surface area is 119 Å². The van der Waals surface area contributed by atoms with Crippen LogP contribution in [0.5, 0.6) is 0 Å². The Bertz CT molecular complexity index is 555. The lowest BCUT2D eigenvalue weighted by atomic mass is 9.99. The van der Waals surface area contributed by atoms with Gasteiger partial charge in [-0.1, -0.05) is 15.9 Å². The topological polar surface area (TPSA) is 24.9 Å². The van der Waals surface area contributed by atoms with Crippen LogP contribution in [-0.2, 0) is 6.42 Å². The SMILES string of the molecule is CNC(Cc1cc(F)cc(Br)c1)c1ccncc1F. The van der Waals surface area contributed by atoms with Crippen LogP contribution < -0.4 is 5.32 Å². The van der Waals surface area contributed by atoms with Gasteiger partial charge in [0.25, 0.3) is 0 Å². The summed E-state index contributed by atoms with van der Waals surface area (Å²) in [5.74, 6) is -0.674. The van der Waals surface area contributed by atoms with Crippen LogP contribution in [0.2, 0.25) is 0 Å². The number of rotatable bonds is 4. The molecule has 1 atom stereocenters. The largest absolute Gasteiger partial charge is 0.313 e. The Morgan fingerprint density at radius 1 is 1.32 bits per heavy atom. The molecule has 2 nitrogen and oxygen atoms in total. The van der Waals surface area contributed by atoms with Gasteiger partial charge in [-0.15, -0.1) is 0 Å². The number of nitrogens with zero attached hydrogens (tertiary/aromatic N) is 1. The van der Waals surface area contributed by atoms with E-state index in [0.29, 0.717) is 16.5 Å². The monoisotopic (exact) mass is 326 g/mol. The molecule has 0 aliphatic carbocycles. The predicted molar refractivity (Wildman–Crippen MR) is 73.8 cm³/mol. The van der Waals surface area contributed by atoms with Crippen molar-refractivity contribution in [1.29, 1.82) is 0 Å². The van der Waals surface area contributed by atoms with E-state index in [1.165, 1.54) is 18.3 Å². The van der Waals surface area contributed by atoms with E-state index in [4.69, 9.17) is 0 Å². The molecule has 1 heterocycles. The molecule has 0 aliphatic heterocycles. The quantitative estimate of drug-likeness (QED) is 0.928. The molecule has 19 heavy (non-hydrogen) atoms. The van der Waals surface area contributed by atoms with Crippen molar-refractivity contribution in [3.8, 4) is 0 Å². The molecule has 0 spiro atoms. The van der Waals surface area contributed by atoms with Gasteiger partial charge in [0.2, 0.25) is 0 Å². The van der Waals surface area contributed by atoms with Crippen molar-refractivity contribution in [1.82, 2.24) is 10.3 Å². The van der Waals surface area contributed by atoms with Crippen LogP contribution in [-0.4, -0.2) is 12.0 Å². The fourth-order valence-electron chi connectivity index (χ4n) is 2.00. The van der Waals surface area contributed by atoms with Crippen LogP contribution in [0.25, 0.3) is 0 Å². The number of likely N-dealkylation sites (N-methyl/N-ethyl adjacent to an activating group) is 1. The van der Waals surface area contributed by atoms with E-state index in [-0.39, 0.29) is 17.7 Å². The minimum Gasteiger partial charge on any atom is -0.313 e. The third-order valence-electron chi connectivity index (χ3n) is 2.89. The summed E-state index contributed by atoms with van der Waals surface area (Å²) in [6.07, 6.45) is 3.22. The lowest BCUT2D eigenvalue weighted by Crippen LogP contribution is -2.20. The number of benzene rings is 1. The first kappa shape index (κ1) is 14.1. The van der Waals surface area contributed by atoms with Crippen molar-refractivity contribution in [3.05, 3.63) is 63.9 Å². The molecule has 1 aromatic heterocycles. The highest BCUT2D eigenvalue weighted by molar-refractivity contribution is 9.10. The van der Waals surface area contributed by atoms with Crippen LogP contribution in [0, 0.1) is 11.6 Å². The molecule has 100 valence electrons. The zero-order valence-corrected chi connectivity index (χ0v) is 11.9. The van der Waals surface area contributed by atoms with Crippen LogP contribution in [0.3, 0.4) is 0 Å². The maximum absolute atomic E-state index is 13.7. The summed E-state index contributed by atoms with van der Waals surface area (Å²) in [4.78, 5) is 3.73. The highest BCUT2D eigenvalue weighted by atomic mass is 79.9. The zero-order chi connectivity index (χ0) is 13.8. The van der Waals surface area contributed by atoms with Crippen molar-refractivity contribution in [2.45, 2.75) is 12.5 Å². The molecule has 2 rings (SSSR count). The molecule has 0 amide bonds. The average Bonchev–Trinajstić information content (AvgIpc) is 2.36. The number of hydrogen-bond donors (Lipinski definition) is 1. The molecule has 0 saturated carbocycles. The summed E-state index contributed by atoms with van der Waals surface area (Å²) in [7, 11) is 1.75. The highest BCUT2D eigenvalue weighted by Gasteiger charge is 2.15. The molecular weight excluding hydrogens is 314 g/mol. The Balaban J connectivity index is 2.26. The first-order valence-electron chi connectivity index (χ1n) is 5.82. The van der Waals surface area contributed by atoms with Gasteiger partial charge in [-0.05, 0) is 43.3 Å². The second-order valence-corrected chi connectivity index (χ2v) is 5.14. The number of halogens is 3. The fourth-order valence-corrected chi connectivity index (χ4v) is 2.51. The minimum atomic E-state index is -0.364. The van der Waals surface area contributed by atoms with Crippen molar-refractivity contribution in [2.75, 3.05) is 7.05 Å². The summed E-state index contributed by atoms with van der Waals surface area (Å²) in [6.45, 7) is 0. The number of pyridine rings is 1. The first-order valence-corrected chi connectivity index (χ1v) is 6.61. The van der Waals surface area contributed by atoms with Gasteiger partial charge in [0.15, 0.2) is 0 Å². The van der Waals surface area contributed by atoms with Crippen LogP contribution in [0.4, 0.5) is 8.78 Å². The van der Waals surface area contributed by atoms with Crippen molar-refractivity contribution >= 4 is 15.9 Å². The van der Waals surface area contributed by atoms with Gasteiger partial charge in [0.1, 0.15) is 11.6 Å². The van der Waals surface area contributed by atoms with E-state index in [1.54, 1.807) is 19.3 Å². The van der Waals surface area contributed by atoms with E-state index in [0.717, 1.165) is 5.56 Å². The average molecular weight is 327 g/mol. The van der Waals surface area contributed by atoms with Gasteiger partial charge < -0.3 is 5.32 Å². The van der Waals surface area contributed by atoms with Crippen LogP contribution >= 0.6 is 15.9 Å². The normalized spacial score (nSPS) is 12.4. The van der Waals surface area contributed by atoms with Gasteiger partial charge in [-0.3, -0.25) is 4.98 Å². The lowest BCUT2D eigenvalue weighted by molar-refractivity contribution is 0.529. The fraction of sp³-hybridized carbons (Fsp3) is 0.214. The molecule has 1 N–H and O–H groups in total. The molecule has 0 saturated heterocycles. The summed E-state index contributed by atoms with van der Waals surface area (Å²) in [5.41, 5.74) is 1.32. The van der Waals surface area contributed by atoms with Crippen LogP contribution in [0.15, 0.2) is 41.1 Å². The third-order valence-corrected chi connectivity index (χ3v) is 3.35. The molecule has 1 aromatic carbocycles. The van der Waals surface area contributed by atoms with Crippen molar-refractivity contribution < 1.29 is 8.78 Å². The highest BCUT2D eigenvalue weighted by Crippen LogP contribution is 2.23. The van der Waals surface area contributed by atoms with Gasteiger partial charge in [-0.2, -0.15) is 0 Å².